The highest BCUT2D eigenvalue weighted by Crippen LogP contribution is 2.39. The molecule has 4 heterocycles. The minimum Gasteiger partial charge on any atom is -0.403 e. The van der Waals surface area contributed by atoms with E-state index in [9.17, 15) is 26.3 Å². The van der Waals surface area contributed by atoms with Gasteiger partial charge in [-0.15, -0.1) is 26.3 Å². The number of aliphatic hydroxyl groups excluding tert-OH is 1. The second-order valence-corrected chi connectivity index (χ2v) is 13.1. The van der Waals surface area contributed by atoms with Crippen molar-refractivity contribution in [1.29, 1.82) is 0 Å². The van der Waals surface area contributed by atoms with Crippen molar-refractivity contribution in [1.82, 2.24) is 19.1 Å². The molecule has 0 amide bonds. The van der Waals surface area contributed by atoms with Gasteiger partial charge in [0.05, 0.1) is 11.0 Å². The number of fused-ring (bicyclic) bond motifs is 6. The lowest BCUT2D eigenvalue weighted by atomic mass is 10.1. The van der Waals surface area contributed by atoms with Crippen molar-refractivity contribution in [2.24, 2.45) is 0 Å². The maximum Gasteiger partial charge on any atom is 0.573 e. The van der Waals surface area contributed by atoms with Gasteiger partial charge in [-0.2, -0.15) is 0 Å². The van der Waals surface area contributed by atoms with Crippen LogP contribution in [0.25, 0.3) is 55.0 Å². The molecule has 0 bridgehead atoms. The Morgan fingerprint density at radius 1 is 0.625 bits per heavy atom. The van der Waals surface area contributed by atoms with E-state index in [1.165, 1.54) is 24.3 Å². The van der Waals surface area contributed by atoms with Gasteiger partial charge in [0.25, 0.3) is 0 Å². The van der Waals surface area contributed by atoms with Crippen LogP contribution in [0.1, 0.15) is 17.5 Å². The number of nitrogens with one attached hydrogen (secondary N) is 1. The Bertz CT molecular complexity index is 2710. The van der Waals surface area contributed by atoms with Crippen molar-refractivity contribution in [2.75, 3.05) is 18.5 Å². The number of pyridine rings is 2. The number of ether oxygens (including phenoxy) is 2. The Morgan fingerprint density at radius 2 is 1.11 bits per heavy atom. The second kappa shape index (κ2) is 15.3. The van der Waals surface area contributed by atoms with Gasteiger partial charge in [-0.25, -0.2) is 9.97 Å². The van der Waals surface area contributed by atoms with Crippen molar-refractivity contribution in [3.8, 4) is 22.9 Å². The van der Waals surface area contributed by atoms with Crippen molar-refractivity contribution in [2.45, 2.75) is 33.0 Å². The van der Waals surface area contributed by atoms with Crippen LogP contribution in [0.5, 0.6) is 11.5 Å². The Morgan fingerprint density at radius 3 is 1.61 bits per heavy atom. The summed E-state index contributed by atoms with van der Waals surface area (Å²) >= 11 is 6.26. The fourth-order valence-corrected chi connectivity index (χ4v) is 6.90. The zero-order valence-corrected chi connectivity index (χ0v) is 30.5. The largest absolute Gasteiger partial charge is 0.573 e. The van der Waals surface area contributed by atoms with Gasteiger partial charge in [-0.3, -0.25) is 0 Å². The van der Waals surface area contributed by atoms with Crippen LogP contribution in [0.4, 0.5) is 32.2 Å². The molecule has 0 saturated carbocycles. The number of alkyl halides is 6. The van der Waals surface area contributed by atoms with Gasteiger partial charge in [0.1, 0.15) is 22.0 Å². The zero-order valence-electron chi connectivity index (χ0n) is 29.7. The van der Waals surface area contributed by atoms with E-state index in [0.717, 1.165) is 33.4 Å². The molecule has 0 atom stereocenters. The van der Waals surface area contributed by atoms with Crippen LogP contribution in [0, 0.1) is 13.8 Å². The number of nitrogens with zero attached hydrogens (tertiary/aromatic N) is 4. The molecule has 4 aromatic carbocycles. The second-order valence-electron chi connectivity index (χ2n) is 12.7. The molecule has 0 unspecified atom stereocenters. The number of halogens is 7. The predicted molar refractivity (Wildman–Crippen MR) is 205 cm³/mol. The summed E-state index contributed by atoms with van der Waals surface area (Å²) in [5.74, 6) is -0.294. The molecule has 0 aliphatic heterocycles. The number of rotatable bonds is 8. The molecule has 15 heteroatoms. The molecular formula is C41H32ClF6N5O3. The highest BCUT2D eigenvalue weighted by molar-refractivity contribution is 6.35. The summed E-state index contributed by atoms with van der Waals surface area (Å²) in [6.45, 7) is 4.37. The van der Waals surface area contributed by atoms with Crippen LogP contribution in [-0.2, 0) is 0 Å². The summed E-state index contributed by atoms with van der Waals surface area (Å²) in [5, 5.41) is 14.8. The number of aryl methyl sites for hydroxylation is 2. The van der Waals surface area contributed by atoms with Crippen molar-refractivity contribution in [3.05, 3.63) is 126 Å². The van der Waals surface area contributed by atoms with Gasteiger partial charge in [0, 0.05) is 58.5 Å². The minimum atomic E-state index is -4.83. The minimum absolute atomic E-state index is 0.00359. The first kappa shape index (κ1) is 38.3. The number of hydrogen-bond donors (Lipinski definition) is 2. The molecule has 0 spiro atoms. The van der Waals surface area contributed by atoms with Crippen molar-refractivity contribution < 1.29 is 40.9 Å². The normalized spacial score (nSPS) is 12.0. The number of hydrogen-bond acceptors (Lipinski definition) is 6. The Labute approximate surface area is 320 Å². The molecule has 2 N–H and O–H groups in total. The lowest BCUT2D eigenvalue weighted by molar-refractivity contribution is -0.275. The first-order valence-corrected chi connectivity index (χ1v) is 17.6. The van der Waals surface area contributed by atoms with E-state index in [4.69, 9.17) is 16.7 Å². The average Bonchev–Trinajstić information content (AvgIpc) is 3.79. The molecule has 8 aromatic rings. The standard InChI is InChI=1S/C22H20F3N3O2.C19H12ClF3N2O/c1-14-6-2-3-8-17(14)28-12-10-16-20(28)15-7-4-9-18(30-22(23,24)25)19(15)27-21(16)26-11-5-13-29;1-11-5-2-3-7-14(11)25-10-9-13-17(25)12-6-4-8-15(26-19(21,22)23)16(12)24-18(13)20/h2-4,6-10,12,29H,5,11,13H2,1H3,(H,26,27);2-10H,1H3. The maximum atomic E-state index is 13.0. The molecule has 56 heavy (non-hydrogen) atoms. The van der Waals surface area contributed by atoms with Crippen LogP contribution in [0.3, 0.4) is 0 Å². The number of aromatic nitrogens is 4. The lowest BCUT2D eigenvalue weighted by Gasteiger charge is -2.16. The molecule has 0 fully saturated rings. The SMILES string of the molecule is Cc1ccccc1-n1ccc2c(Cl)nc3c(OC(F)(F)F)cccc3c21.Cc1ccccc1-n1ccc2c(NCCCO)nc3c(OC(F)(F)F)cccc3c21. The quantitative estimate of drug-likeness (QED) is 0.0905. The summed E-state index contributed by atoms with van der Waals surface area (Å²) in [6, 6.07) is 28.1. The molecular weight excluding hydrogens is 760 g/mol. The molecule has 8 nitrogen and oxygen atoms in total. The molecule has 0 aliphatic carbocycles. The van der Waals surface area contributed by atoms with Gasteiger partial charge in [0.2, 0.25) is 0 Å². The zero-order chi connectivity index (χ0) is 39.8. The first-order chi connectivity index (χ1) is 26.7. The van der Waals surface area contributed by atoms with Gasteiger partial charge in [0.15, 0.2) is 11.5 Å². The van der Waals surface area contributed by atoms with E-state index in [1.54, 1.807) is 18.2 Å². The summed E-state index contributed by atoms with van der Waals surface area (Å²) in [7, 11) is 0. The fourth-order valence-electron chi connectivity index (χ4n) is 6.66. The summed E-state index contributed by atoms with van der Waals surface area (Å²) in [5.41, 5.74) is 5.47. The highest BCUT2D eigenvalue weighted by atomic mass is 35.5. The number of benzene rings is 4. The van der Waals surface area contributed by atoms with E-state index < -0.39 is 12.7 Å². The highest BCUT2D eigenvalue weighted by Gasteiger charge is 2.33. The topological polar surface area (TPSA) is 86.4 Å². The van der Waals surface area contributed by atoms with Crippen molar-refractivity contribution in [3.63, 3.8) is 0 Å². The molecule has 4 aromatic heterocycles. The molecule has 8 rings (SSSR count). The predicted octanol–water partition coefficient (Wildman–Crippen LogP) is 11.2. The summed E-state index contributed by atoms with van der Waals surface area (Å²) < 4.78 is 89.3. The monoisotopic (exact) mass is 791 g/mol. The summed E-state index contributed by atoms with van der Waals surface area (Å²) in [6.07, 6.45) is -5.44. The fraction of sp³-hybridized carbons (Fsp3) is 0.171. The molecule has 0 saturated heterocycles. The van der Waals surface area contributed by atoms with Gasteiger partial charge >= 0.3 is 12.7 Å². The Balaban J connectivity index is 0.000000173. The van der Waals surface area contributed by atoms with Crippen LogP contribution in [0.2, 0.25) is 5.15 Å². The number of anilines is 1. The number of aliphatic hydroxyl groups is 1. The van der Waals surface area contributed by atoms with Gasteiger partial charge < -0.3 is 29.0 Å². The van der Waals surface area contributed by atoms with E-state index in [1.807, 2.05) is 90.0 Å². The van der Waals surface area contributed by atoms with Crippen LogP contribution in [0.15, 0.2) is 109 Å². The van der Waals surface area contributed by atoms with Gasteiger partial charge in [-0.1, -0.05) is 72.3 Å². The van der Waals surface area contributed by atoms with Crippen LogP contribution < -0.4 is 14.8 Å². The summed E-state index contributed by atoms with van der Waals surface area (Å²) in [4.78, 5) is 8.60. The third-order valence-corrected chi connectivity index (χ3v) is 9.31. The molecule has 0 radical (unpaired) electrons. The van der Waals surface area contributed by atoms with Crippen LogP contribution >= 0.6 is 11.6 Å². The third-order valence-electron chi connectivity index (χ3n) is 9.02. The van der Waals surface area contributed by atoms with E-state index in [2.05, 4.69) is 24.8 Å². The van der Waals surface area contributed by atoms with Crippen LogP contribution in [-0.4, -0.2) is 50.1 Å². The number of para-hydroxylation sites is 4. The smallest absolute Gasteiger partial charge is 0.403 e. The van der Waals surface area contributed by atoms with E-state index in [0.29, 0.717) is 40.5 Å². The molecule has 0 aliphatic rings. The maximum absolute atomic E-state index is 13.0. The lowest BCUT2D eigenvalue weighted by Crippen LogP contribution is -2.17. The Kier molecular flexibility index (Phi) is 10.4. The average molecular weight is 792 g/mol. The molecule has 288 valence electrons. The van der Waals surface area contributed by atoms with E-state index >= 15 is 0 Å². The third kappa shape index (κ3) is 7.75. The van der Waals surface area contributed by atoms with E-state index in [-0.39, 0.29) is 34.3 Å². The van der Waals surface area contributed by atoms with Crippen molar-refractivity contribution >= 4 is 61.0 Å². The van der Waals surface area contributed by atoms with Gasteiger partial charge in [-0.05, 0) is 67.8 Å². The Hall–Kier alpha value is -5.99. The first-order valence-electron chi connectivity index (χ1n) is 17.3.